The summed E-state index contributed by atoms with van der Waals surface area (Å²) in [5, 5.41) is 3.45. The Balaban J connectivity index is 1.24. The van der Waals surface area contributed by atoms with Gasteiger partial charge in [-0.2, -0.15) is 0 Å². The van der Waals surface area contributed by atoms with E-state index in [1.54, 1.807) is 0 Å². The summed E-state index contributed by atoms with van der Waals surface area (Å²) in [6.07, 6.45) is 4.15. The number of nitrogens with zero attached hydrogens (tertiary/aromatic N) is 4. The van der Waals surface area contributed by atoms with E-state index in [-0.39, 0.29) is 0 Å². The third-order valence-electron chi connectivity index (χ3n) is 5.37. The average Bonchev–Trinajstić information content (AvgIpc) is 3.28. The summed E-state index contributed by atoms with van der Waals surface area (Å²) in [4.78, 5) is 10.8. The highest BCUT2D eigenvalue weighted by Crippen LogP contribution is 2.34. The van der Waals surface area contributed by atoms with E-state index in [0.717, 1.165) is 49.9 Å². The van der Waals surface area contributed by atoms with Crippen LogP contribution in [-0.2, 0) is 6.54 Å². The van der Waals surface area contributed by atoms with Gasteiger partial charge in [0.15, 0.2) is 0 Å². The molecule has 0 bridgehead atoms. The van der Waals surface area contributed by atoms with Crippen LogP contribution in [0.15, 0.2) is 47.6 Å². The van der Waals surface area contributed by atoms with Crippen LogP contribution in [-0.4, -0.2) is 46.3 Å². The van der Waals surface area contributed by atoms with Gasteiger partial charge in [-0.05, 0) is 36.8 Å². The SMILES string of the molecule is Cc1ncc2ccc(N3CCN(Cc4ccc5c(c4)NCS5)CC3)cn12. The van der Waals surface area contributed by atoms with Gasteiger partial charge in [0.1, 0.15) is 5.82 Å². The van der Waals surface area contributed by atoms with Gasteiger partial charge in [-0.3, -0.25) is 4.90 Å². The lowest BCUT2D eigenvalue weighted by Gasteiger charge is -2.36. The molecule has 0 aliphatic carbocycles. The standard InChI is InChI=1S/C20H23N5S/c1-15-21-11-17-3-4-18(13-25(15)17)24-8-6-23(7-9-24)12-16-2-5-20-19(10-16)22-14-26-20/h2-5,10-11,13,22H,6-9,12,14H2,1H3. The predicted molar refractivity (Wildman–Crippen MR) is 108 cm³/mol. The Morgan fingerprint density at radius 3 is 2.88 bits per heavy atom. The van der Waals surface area contributed by atoms with Crippen LogP contribution in [0.1, 0.15) is 11.4 Å². The second kappa shape index (κ2) is 6.52. The van der Waals surface area contributed by atoms with Crippen LogP contribution in [0.5, 0.6) is 0 Å². The van der Waals surface area contributed by atoms with Crippen LogP contribution in [0.2, 0.25) is 0 Å². The van der Waals surface area contributed by atoms with Crippen LogP contribution in [0.4, 0.5) is 11.4 Å². The number of imidazole rings is 1. The minimum atomic E-state index is 0.998. The number of benzene rings is 1. The van der Waals surface area contributed by atoms with E-state index in [2.05, 4.69) is 68.0 Å². The molecular formula is C20H23N5S. The highest BCUT2D eigenvalue weighted by Gasteiger charge is 2.19. The number of piperazine rings is 1. The summed E-state index contributed by atoms with van der Waals surface area (Å²) >= 11 is 1.89. The zero-order valence-electron chi connectivity index (χ0n) is 15.0. The monoisotopic (exact) mass is 365 g/mol. The van der Waals surface area contributed by atoms with Crippen LogP contribution in [0.3, 0.4) is 0 Å². The van der Waals surface area contributed by atoms with Crippen LogP contribution < -0.4 is 10.2 Å². The third-order valence-corrected chi connectivity index (χ3v) is 6.33. The Morgan fingerprint density at radius 2 is 2.00 bits per heavy atom. The highest BCUT2D eigenvalue weighted by molar-refractivity contribution is 7.99. The molecule has 4 heterocycles. The Kier molecular flexibility index (Phi) is 4.02. The molecule has 5 rings (SSSR count). The molecule has 26 heavy (non-hydrogen) atoms. The van der Waals surface area contributed by atoms with Crippen molar-refractivity contribution in [1.29, 1.82) is 0 Å². The number of nitrogens with one attached hydrogen (secondary N) is 1. The van der Waals surface area contributed by atoms with E-state index in [4.69, 9.17) is 0 Å². The number of rotatable bonds is 3. The van der Waals surface area contributed by atoms with E-state index >= 15 is 0 Å². The number of aromatic nitrogens is 2. The molecular weight excluding hydrogens is 342 g/mol. The minimum absolute atomic E-state index is 0.998. The number of anilines is 2. The van der Waals surface area contributed by atoms with Gasteiger partial charge in [-0.15, -0.1) is 11.8 Å². The number of thioether (sulfide) groups is 1. The zero-order chi connectivity index (χ0) is 17.5. The van der Waals surface area contributed by atoms with Gasteiger partial charge in [0.05, 0.1) is 23.3 Å². The predicted octanol–water partition coefficient (Wildman–Crippen LogP) is 3.44. The molecule has 2 aliphatic heterocycles. The van der Waals surface area contributed by atoms with Crippen LogP contribution in [0.25, 0.3) is 5.52 Å². The normalized spacial score (nSPS) is 17.5. The number of aryl methyl sites for hydroxylation is 1. The lowest BCUT2D eigenvalue weighted by atomic mass is 10.1. The molecule has 1 saturated heterocycles. The fourth-order valence-electron chi connectivity index (χ4n) is 3.85. The van der Waals surface area contributed by atoms with Crippen molar-refractivity contribution >= 4 is 28.7 Å². The lowest BCUT2D eigenvalue weighted by molar-refractivity contribution is 0.250. The van der Waals surface area contributed by atoms with Crippen LogP contribution >= 0.6 is 11.8 Å². The smallest absolute Gasteiger partial charge is 0.110 e. The average molecular weight is 366 g/mol. The van der Waals surface area contributed by atoms with Crippen molar-refractivity contribution in [2.24, 2.45) is 0 Å². The molecule has 0 radical (unpaired) electrons. The van der Waals surface area contributed by atoms with E-state index in [1.165, 1.54) is 21.8 Å². The first kappa shape index (κ1) is 16.0. The summed E-state index contributed by atoms with van der Waals surface area (Å²) in [6, 6.07) is 11.2. The van der Waals surface area contributed by atoms with Crippen molar-refractivity contribution in [1.82, 2.24) is 14.3 Å². The fourth-order valence-corrected chi connectivity index (χ4v) is 4.68. The Bertz CT molecular complexity index is 943. The zero-order valence-corrected chi connectivity index (χ0v) is 15.8. The second-order valence-corrected chi connectivity index (χ2v) is 8.06. The number of fused-ring (bicyclic) bond motifs is 2. The molecule has 0 amide bonds. The minimum Gasteiger partial charge on any atom is -0.375 e. The summed E-state index contributed by atoms with van der Waals surface area (Å²) < 4.78 is 2.18. The lowest BCUT2D eigenvalue weighted by Crippen LogP contribution is -2.46. The molecule has 0 saturated carbocycles. The molecule has 0 unspecified atom stereocenters. The van der Waals surface area contributed by atoms with Crippen molar-refractivity contribution in [3.05, 3.63) is 54.1 Å². The van der Waals surface area contributed by atoms with Crippen molar-refractivity contribution < 1.29 is 0 Å². The highest BCUT2D eigenvalue weighted by atomic mass is 32.2. The number of hydrogen-bond donors (Lipinski definition) is 1. The fraction of sp³-hybridized carbons (Fsp3) is 0.350. The number of pyridine rings is 1. The van der Waals surface area contributed by atoms with E-state index in [9.17, 15) is 0 Å². The summed E-state index contributed by atoms with van der Waals surface area (Å²) in [6.45, 7) is 7.42. The first-order chi connectivity index (χ1) is 12.8. The molecule has 2 aromatic heterocycles. The molecule has 1 fully saturated rings. The molecule has 0 atom stereocenters. The second-order valence-electron chi connectivity index (χ2n) is 7.05. The maximum atomic E-state index is 4.40. The van der Waals surface area contributed by atoms with E-state index < -0.39 is 0 Å². The van der Waals surface area contributed by atoms with Crippen molar-refractivity contribution in [2.75, 3.05) is 42.3 Å². The first-order valence-corrected chi connectivity index (χ1v) is 10.2. The van der Waals surface area contributed by atoms with Gasteiger partial charge in [-0.25, -0.2) is 4.98 Å². The molecule has 134 valence electrons. The summed E-state index contributed by atoms with van der Waals surface area (Å²) in [5.41, 5.74) is 5.16. The molecule has 2 aliphatic rings. The third kappa shape index (κ3) is 2.93. The first-order valence-electron chi connectivity index (χ1n) is 9.17. The Labute approximate surface area is 158 Å². The molecule has 1 aromatic carbocycles. The van der Waals surface area contributed by atoms with Crippen molar-refractivity contribution in [3.63, 3.8) is 0 Å². The van der Waals surface area contributed by atoms with Gasteiger partial charge in [0.25, 0.3) is 0 Å². The van der Waals surface area contributed by atoms with Gasteiger partial charge in [-0.1, -0.05) is 6.07 Å². The van der Waals surface area contributed by atoms with E-state index in [0.29, 0.717) is 0 Å². The molecule has 6 heteroatoms. The molecule has 3 aromatic rings. The maximum Gasteiger partial charge on any atom is 0.110 e. The number of hydrogen-bond acceptors (Lipinski definition) is 5. The Morgan fingerprint density at radius 1 is 1.12 bits per heavy atom. The van der Waals surface area contributed by atoms with E-state index in [1.807, 2.05) is 18.0 Å². The van der Waals surface area contributed by atoms with Crippen molar-refractivity contribution in [2.45, 2.75) is 18.4 Å². The van der Waals surface area contributed by atoms with Gasteiger partial charge >= 0.3 is 0 Å². The molecule has 1 N–H and O–H groups in total. The molecule has 5 nitrogen and oxygen atoms in total. The van der Waals surface area contributed by atoms with Gasteiger partial charge < -0.3 is 14.6 Å². The van der Waals surface area contributed by atoms with Crippen LogP contribution in [0, 0.1) is 6.92 Å². The largest absolute Gasteiger partial charge is 0.375 e. The van der Waals surface area contributed by atoms with Gasteiger partial charge in [0, 0.05) is 49.5 Å². The summed E-state index contributed by atoms with van der Waals surface area (Å²) in [7, 11) is 0. The topological polar surface area (TPSA) is 35.8 Å². The van der Waals surface area contributed by atoms with Gasteiger partial charge in [0.2, 0.25) is 0 Å². The maximum absolute atomic E-state index is 4.40. The quantitative estimate of drug-likeness (QED) is 0.769. The van der Waals surface area contributed by atoms with Crippen molar-refractivity contribution in [3.8, 4) is 0 Å². The Hall–Kier alpha value is -2.18. The summed E-state index contributed by atoms with van der Waals surface area (Å²) in [5.74, 6) is 2.04. The molecule has 0 spiro atoms.